The molecular formula is C15H28N2O2. The predicted octanol–water partition coefficient (Wildman–Crippen LogP) is 1.38. The van der Waals surface area contributed by atoms with E-state index in [1.165, 1.54) is 19.3 Å². The zero-order valence-corrected chi connectivity index (χ0v) is 12.3. The van der Waals surface area contributed by atoms with E-state index in [1.807, 2.05) is 18.7 Å². The molecule has 0 aromatic carbocycles. The van der Waals surface area contributed by atoms with Crippen LogP contribution in [0.1, 0.15) is 46.0 Å². The number of carbonyl (C=O) groups is 1. The van der Waals surface area contributed by atoms with Crippen LogP contribution in [0.5, 0.6) is 0 Å². The van der Waals surface area contributed by atoms with Crippen LogP contribution in [-0.4, -0.2) is 47.7 Å². The lowest BCUT2D eigenvalue weighted by atomic mass is 9.84. The van der Waals surface area contributed by atoms with Gasteiger partial charge in [0.05, 0.1) is 6.10 Å². The minimum atomic E-state index is -0.333. The van der Waals surface area contributed by atoms with Crippen molar-refractivity contribution in [2.75, 3.05) is 19.6 Å². The Balaban J connectivity index is 1.87. The summed E-state index contributed by atoms with van der Waals surface area (Å²) in [5.74, 6) is 1.26. The van der Waals surface area contributed by atoms with Crippen molar-refractivity contribution in [3.8, 4) is 0 Å². The molecule has 1 aliphatic carbocycles. The van der Waals surface area contributed by atoms with Crippen LogP contribution >= 0.6 is 0 Å². The number of nitrogens with zero attached hydrogens (tertiary/aromatic N) is 1. The summed E-state index contributed by atoms with van der Waals surface area (Å²) in [5, 5.41) is 13.4. The average Bonchev–Trinajstić information content (AvgIpc) is 2.35. The van der Waals surface area contributed by atoms with E-state index in [0.29, 0.717) is 19.0 Å². The van der Waals surface area contributed by atoms with Crippen molar-refractivity contribution in [1.82, 2.24) is 10.2 Å². The molecular weight excluding hydrogens is 240 g/mol. The first-order valence-corrected chi connectivity index (χ1v) is 7.79. The number of carbonyl (C=O) groups excluding carboxylic acids is 1. The van der Waals surface area contributed by atoms with Gasteiger partial charge in [-0.1, -0.05) is 13.3 Å². The van der Waals surface area contributed by atoms with Crippen LogP contribution in [0.15, 0.2) is 0 Å². The molecule has 2 aliphatic rings. The maximum absolute atomic E-state index is 11.9. The summed E-state index contributed by atoms with van der Waals surface area (Å²) < 4.78 is 0. The predicted molar refractivity (Wildman–Crippen MR) is 75.8 cm³/mol. The Morgan fingerprint density at radius 1 is 1.42 bits per heavy atom. The maximum Gasteiger partial charge on any atom is 0.222 e. The van der Waals surface area contributed by atoms with Gasteiger partial charge in [-0.15, -0.1) is 0 Å². The smallest absolute Gasteiger partial charge is 0.222 e. The molecule has 0 radical (unpaired) electrons. The number of piperidine rings is 1. The number of nitrogens with one attached hydrogen (secondary N) is 1. The molecule has 0 aromatic heterocycles. The molecule has 19 heavy (non-hydrogen) atoms. The highest BCUT2D eigenvalue weighted by Gasteiger charge is 2.32. The van der Waals surface area contributed by atoms with Gasteiger partial charge in [0.2, 0.25) is 5.91 Å². The molecule has 2 N–H and O–H groups in total. The van der Waals surface area contributed by atoms with Gasteiger partial charge in [-0.25, -0.2) is 0 Å². The molecule has 1 heterocycles. The maximum atomic E-state index is 11.9. The number of aliphatic hydroxyl groups excluding tert-OH is 1. The van der Waals surface area contributed by atoms with Crippen molar-refractivity contribution in [1.29, 1.82) is 0 Å². The summed E-state index contributed by atoms with van der Waals surface area (Å²) in [7, 11) is 0. The van der Waals surface area contributed by atoms with Crippen LogP contribution in [0.4, 0.5) is 0 Å². The molecule has 1 saturated carbocycles. The van der Waals surface area contributed by atoms with Crippen molar-refractivity contribution in [3.05, 3.63) is 0 Å². The Kier molecular flexibility index (Phi) is 5.22. The molecule has 2 rings (SSSR count). The van der Waals surface area contributed by atoms with Crippen molar-refractivity contribution >= 4 is 5.91 Å². The summed E-state index contributed by atoms with van der Waals surface area (Å²) in [6.07, 6.45) is 5.27. The van der Waals surface area contributed by atoms with Crippen molar-refractivity contribution in [2.24, 2.45) is 11.8 Å². The van der Waals surface area contributed by atoms with Gasteiger partial charge in [0.1, 0.15) is 0 Å². The highest BCUT2D eigenvalue weighted by Crippen LogP contribution is 2.26. The van der Waals surface area contributed by atoms with E-state index in [4.69, 9.17) is 0 Å². The Hall–Kier alpha value is -0.610. The van der Waals surface area contributed by atoms with Gasteiger partial charge in [-0.3, -0.25) is 4.79 Å². The third-order valence-electron chi connectivity index (χ3n) is 4.74. The summed E-state index contributed by atoms with van der Waals surface area (Å²) in [4.78, 5) is 13.8. The van der Waals surface area contributed by atoms with E-state index in [0.717, 1.165) is 25.4 Å². The fourth-order valence-electron chi connectivity index (χ4n) is 3.09. The quantitative estimate of drug-likeness (QED) is 0.792. The minimum Gasteiger partial charge on any atom is -0.393 e. The van der Waals surface area contributed by atoms with Gasteiger partial charge in [0.25, 0.3) is 0 Å². The zero-order chi connectivity index (χ0) is 13.8. The number of likely N-dealkylation sites (tertiary alicyclic amines) is 1. The Morgan fingerprint density at radius 2 is 2.16 bits per heavy atom. The summed E-state index contributed by atoms with van der Waals surface area (Å²) in [5.41, 5.74) is 0. The van der Waals surface area contributed by atoms with E-state index in [-0.39, 0.29) is 17.9 Å². The van der Waals surface area contributed by atoms with Crippen molar-refractivity contribution < 1.29 is 9.90 Å². The van der Waals surface area contributed by atoms with E-state index < -0.39 is 0 Å². The molecule has 1 amide bonds. The van der Waals surface area contributed by atoms with Crippen LogP contribution < -0.4 is 5.32 Å². The number of hydrogen-bond donors (Lipinski definition) is 2. The standard InChI is InChI=1S/C15H28N2O2/c1-3-15(19)17-9-13(11(2)18)7-14(10-17)16-8-12-5-4-6-12/h11-14,16,18H,3-10H2,1-2H3. The molecule has 4 heteroatoms. The normalized spacial score (nSPS) is 29.9. The molecule has 2 fully saturated rings. The van der Waals surface area contributed by atoms with Gasteiger partial charge >= 0.3 is 0 Å². The molecule has 0 bridgehead atoms. The second-order valence-electron chi connectivity index (χ2n) is 6.29. The molecule has 0 aromatic rings. The van der Waals surface area contributed by atoms with E-state index in [2.05, 4.69) is 5.32 Å². The SMILES string of the molecule is CCC(=O)N1CC(NCC2CCC2)CC(C(C)O)C1. The number of rotatable bonds is 5. The second-order valence-corrected chi connectivity index (χ2v) is 6.29. The molecule has 3 unspecified atom stereocenters. The summed E-state index contributed by atoms with van der Waals surface area (Å²) >= 11 is 0. The highest BCUT2D eigenvalue weighted by atomic mass is 16.3. The zero-order valence-electron chi connectivity index (χ0n) is 12.3. The summed E-state index contributed by atoms with van der Waals surface area (Å²) in [6.45, 7) is 6.35. The third kappa shape index (κ3) is 3.93. The highest BCUT2D eigenvalue weighted by molar-refractivity contribution is 5.76. The van der Waals surface area contributed by atoms with Gasteiger partial charge in [0.15, 0.2) is 0 Å². The minimum absolute atomic E-state index is 0.209. The van der Waals surface area contributed by atoms with E-state index in [9.17, 15) is 9.90 Å². The second kappa shape index (κ2) is 6.71. The number of aliphatic hydroxyl groups is 1. The van der Waals surface area contributed by atoms with Gasteiger partial charge in [0, 0.05) is 31.5 Å². The molecule has 110 valence electrons. The van der Waals surface area contributed by atoms with Crippen molar-refractivity contribution in [2.45, 2.75) is 58.1 Å². The fraction of sp³-hybridized carbons (Fsp3) is 0.933. The van der Waals surface area contributed by atoms with Crippen molar-refractivity contribution in [3.63, 3.8) is 0 Å². The first-order chi connectivity index (χ1) is 9.10. The first-order valence-electron chi connectivity index (χ1n) is 7.79. The fourth-order valence-corrected chi connectivity index (χ4v) is 3.09. The summed E-state index contributed by atoms with van der Waals surface area (Å²) in [6, 6.07) is 0.351. The van der Waals surface area contributed by atoms with Crippen LogP contribution in [0.3, 0.4) is 0 Å². The monoisotopic (exact) mass is 268 g/mol. The molecule has 0 spiro atoms. The lowest BCUT2D eigenvalue weighted by Gasteiger charge is -2.40. The Labute approximate surface area is 116 Å². The Morgan fingerprint density at radius 3 is 2.68 bits per heavy atom. The molecule has 3 atom stereocenters. The van der Waals surface area contributed by atoms with E-state index in [1.54, 1.807) is 0 Å². The van der Waals surface area contributed by atoms with Crippen LogP contribution in [0.25, 0.3) is 0 Å². The molecule has 1 aliphatic heterocycles. The van der Waals surface area contributed by atoms with Gasteiger partial charge < -0.3 is 15.3 Å². The lowest BCUT2D eigenvalue weighted by molar-refractivity contribution is -0.134. The third-order valence-corrected chi connectivity index (χ3v) is 4.74. The van der Waals surface area contributed by atoms with Crippen LogP contribution in [0.2, 0.25) is 0 Å². The van der Waals surface area contributed by atoms with Gasteiger partial charge in [-0.2, -0.15) is 0 Å². The lowest BCUT2D eigenvalue weighted by Crippen LogP contribution is -2.54. The number of hydrogen-bond acceptors (Lipinski definition) is 3. The van der Waals surface area contributed by atoms with Crippen LogP contribution in [-0.2, 0) is 4.79 Å². The van der Waals surface area contributed by atoms with E-state index >= 15 is 0 Å². The Bertz CT molecular complexity index is 303. The topological polar surface area (TPSA) is 52.6 Å². The largest absolute Gasteiger partial charge is 0.393 e. The molecule has 1 saturated heterocycles. The number of amides is 1. The average molecular weight is 268 g/mol. The first kappa shape index (κ1) is 14.8. The molecule has 4 nitrogen and oxygen atoms in total. The van der Waals surface area contributed by atoms with Gasteiger partial charge in [-0.05, 0) is 38.6 Å². The van der Waals surface area contributed by atoms with Crippen LogP contribution in [0, 0.1) is 11.8 Å².